The minimum Gasteiger partial charge on any atom is -0.488 e. The number of amides is 1. The maximum Gasteiger partial charge on any atom is 0.416 e. The highest BCUT2D eigenvalue weighted by Crippen LogP contribution is 2.32. The summed E-state index contributed by atoms with van der Waals surface area (Å²) in [6, 6.07) is 22.5. The second kappa shape index (κ2) is 10.3. The molecule has 0 spiro atoms. The van der Waals surface area contributed by atoms with E-state index >= 15 is 0 Å². The van der Waals surface area contributed by atoms with Crippen molar-refractivity contribution in [2.45, 2.75) is 12.8 Å². The first-order valence-electron chi connectivity index (χ1n) is 10.7. The summed E-state index contributed by atoms with van der Waals surface area (Å²) in [7, 11) is 0. The first-order valence-corrected chi connectivity index (χ1v) is 10.7. The Kier molecular flexibility index (Phi) is 7.02. The van der Waals surface area contributed by atoms with Gasteiger partial charge in [-0.3, -0.25) is 4.79 Å². The number of rotatable bonds is 6. The van der Waals surface area contributed by atoms with E-state index in [0.717, 1.165) is 17.5 Å². The number of carbonyl (C=O) groups excluding carboxylic acids is 1. The van der Waals surface area contributed by atoms with Crippen molar-refractivity contribution < 1.29 is 27.1 Å². The number of nitriles is 1. The minimum absolute atomic E-state index is 0.0957. The Morgan fingerprint density at radius 2 is 1.72 bits per heavy atom. The van der Waals surface area contributed by atoms with Crippen molar-refractivity contribution >= 4 is 28.4 Å². The fourth-order valence-corrected chi connectivity index (χ4v) is 3.56. The molecule has 0 atom stereocenters. The van der Waals surface area contributed by atoms with Gasteiger partial charge in [-0.2, -0.15) is 18.4 Å². The lowest BCUT2D eigenvalue weighted by atomic mass is 10.0. The molecule has 0 aliphatic heterocycles. The Morgan fingerprint density at radius 3 is 2.44 bits per heavy atom. The van der Waals surface area contributed by atoms with Crippen LogP contribution in [-0.2, 0) is 17.6 Å². The molecule has 4 rings (SSSR count). The van der Waals surface area contributed by atoms with E-state index < -0.39 is 17.6 Å². The van der Waals surface area contributed by atoms with Gasteiger partial charge < -0.3 is 10.1 Å². The van der Waals surface area contributed by atoms with Gasteiger partial charge in [-0.05, 0) is 58.8 Å². The molecule has 0 bridgehead atoms. The van der Waals surface area contributed by atoms with E-state index in [1.54, 1.807) is 30.3 Å². The van der Waals surface area contributed by atoms with Crippen molar-refractivity contribution in [3.63, 3.8) is 0 Å². The maximum atomic E-state index is 13.2. The summed E-state index contributed by atoms with van der Waals surface area (Å²) < 4.78 is 58.2. The Bertz CT molecular complexity index is 1490. The normalized spacial score (nSPS) is 11.7. The van der Waals surface area contributed by atoms with Gasteiger partial charge in [-0.1, -0.05) is 48.5 Å². The SMILES string of the molecule is N#C/C(=C\c1c(OCc2ccc(F)cc2)ccc2ccccc12)C(=O)Nc1cccc(C(F)(F)F)c1. The number of carbonyl (C=O) groups is 1. The number of alkyl halides is 3. The van der Waals surface area contributed by atoms with Crippen LogP contribution < -0.4 is 10.1 Å². The Hall–Kier alpha value is -4.64. The zero-order valence-electron chi connectivity index (χ0n) is 18.6. The Morgan fingerprint density at radius 1 is 0.972 bits per heavy atom. The molecule has 180 valence electrons. The van der Waals surface area contributed by atoms with Crippen LogP contribution >= 0.6 is 0 Å². The van der Waals surface area contributed by atoms with Crippen LogP contribution in [0, 0.1) is 17.1 Å². The minimum atomic E-state index is -4.58. The van der Waals surface area contributed by atoms with Crippen LogP contribution in [0.25, 0.3) is 16.8 Å². The van der Waals surface area contributed by atoms with Crippen LogP contribution in [-0.4, -0.2) is 5.91 Å². The van der Waals surface area contributed by atoms with Crippen molar-refractivity contribution in [2.75, 3.05) is 5.32 Å². The van der Waals surface area contributed by atoms with Crippen LogP contribution in [0.3, 0.4) is 0 Å². The van der Waals surface area contributed by atoms with E-state index in [1.807, 2.05) is 24.3 Å². The molecule has 0 radical (unpaired) electrons. The molecule has 1 amide bonds. The predicted octanol–water partition coefficient (Wildman–Crippen LogP) is 7.12. The van der Waals surface area contributed by atoms with Crippen molar-refractivity contribution in [3.8, 4) is 11.8 Å². The lowest BCUT2D eigenvalue weighted by Gasteiger charge is -2.13. The third-order valence-corrected chi connectivity index (χ3v) is 5.34. The molecule has 8 heteroatoms. The summed E-state index contributed by atoms with van der Waals surface area (Å²) in [5.74, 6) is -0.870. The number of fused-ring (bicyclic) bond motifs is 1. The number of hydrogen-bond acceptors (Lipinski definition) is 3. The number of benzene rings is 4. The van der Waals surface area contributed by atoms with E-state index in [0.29, 0.717) is 22.3 Å². The Labute approximate surface area is 204 Å². The van der Waals surface area contributed by atoms with Gasteiger partial charge in [-0.15, -0.1) is 0 Å². The molecular weight excluding hydrogens is 472 g/mol. The first kappa shape index (κ1) is 24.5. The van der Waals surface area contributed by atoms with E-state index in [-0.39, 0.29) is 23.7 Å². The van der Waals surface area contributed by atoms with Crippen LogP contribution in [0.2, 0.25) is 0 Å². The lowest BCUT2D eigenvalue weighted by molar-refractivity contribution is -0.137. The van der Waals surface area contributed by atoms with Crippen LogP contribution in [0.4, 0.5) is 23.2 Å². The monoisotopic (exact) mass is 490 g/mol. The molecule has 0 saturated heterocycles. The second-order valence-corrected chi connectivity index (χ2v) is 7.82. The number of halogens is 4. The quantitative estimate of drug-likeness (QED) is 0.178. The molecule has 0 fully saturated rings. The highest BCUT2D eigenvalue weighted by Gasteiger charge is 2.30. The van der Waals surface area contributed by atoms with Gasteiger partial charge >= 0.3 is 6.18 Å². The molecule has 4 aromatic carbocycles. The second-order valence-electron chi connectivity index (χ2n) is 7.82. The van der Waals surface area contributed by atoms with Gasteiger partial charge in [0, 0.05) is 11.3 Å². The van der Waals surface area contributed by atoms with Crippen molar-refractivity contribution in [1.29, 1.82) is 5.26 Å². The summed E-state index contributed by atoms with van der Waals surface area (Å²) in [4.78, 5) is 12.8. The average molecular weight is 490 g/mol. The largest absolute Gasteiger partial charge is 0.488 e. The number of hydrogen-bond donors (Lipinski definition) is 1. The molecule has 0 aliphatic rings. The standard InChI is InChI=1S/C28H18F4N2O2/c29-22-11-8-18(9-12-22)17-36-26-13-10-19-4-1-2-7-24(19)25(26)14-20(16-33)27(35)34-23-6-3-5-21(15-23)28(30,31)32/h1-15H,17H2,(H,34,35)/b20-14+. The van der Waals surface area contributed by atoms with Gasteiger partial charge in [0.1, 0.15) is 29.8 Å². The number of nitrogens with zero attached hydrogens (tertiary/aromatic N) is 1. The molecule has 1 N–H and O–H groups in total. The highest BCUT2D eigenvalue weighted by molar-refractivity contribution is 6.11. The molecule has 0 aromatic heterocycles. The number of ether oxygens (including phenoxy) is 1. The highest BCUT2D eigenvalue weighted by atomic mass is 19.4. The average Bonchev–Trinajstić information content (AvgIpc) is 2.87. The van der Waals surface area contributed by atoms with E-state index in [4.69, 9.17) is 4.74 Å². The summed E-state index contributed by atoms with van der Waals surface area (Å²) in [5, 5.41) is 13.6. The topological polar surface area (TPSA) is 62.1 Å². The molecular formula is C28H18F4N2O2. The molecule has 4 aromatic rings. The zero-order chi connectivity index (χ0) is 25.7. The smallest absolute Gasteiger partial charge is 0.416 e. The van der Waals surface area contributed by atoms with Crippen LogP contribution in [0.1, 0.15) is 16.7 Å². The van der Waals surface area contributed by atoms with Crippen LogP contribution in [0.5, 0.6) is 5.75 Å². The van der Waals surface area contributed by atoms with Gasteiger partial charge in [-0.25, -0.2) is 4.39 Å². The van der Waals surface area contributed by atoms with Crippen molar-refractivity contribution in [3.05, 3.63) is 113 Å². The van der Waals surface area contributed by atoms with Gasteiger partial charge in [0.15, 0.2) is 0 Å². The molecule has 0 saturated carbocycles. The molecule has 0 heterocycles. The van der Waals surface area contributed by atoms with Gasteiger partial charge in [0.05, 0.1) is 5.56 Å². The summed E-state index contributed by atoms with van der Waals surface area (Å²) in [5.41, 5.74) is -0.182. The molecule has 4 nitrogen and oxygen atoms in total. The summed E-state index contributed by atoms with van der Waals surface area (Å²) in [6.45, 7) is 0.109. The number of anilines is 1. The van der Waals surface area contributed by atoms with Crippen LogP contribution in [0.15, 0.2) is 90.5 Å². The lowest BCUT2D eigenvalue weighted by Crippen LogP contribution is -2.14. The number of nitrogens with one attached hydrogen (secondary N) is 1. The fraction of sp³-hybridized carbons (Fsp3) is 0.0714. The van der Waals surface area contributed by atoms with E-state index in [2.05, 4.69) is 5.32 Å². The maximum absolute atomic E-state index is 13.2. The van der Waals surface area contributed by atoms with E-state index in [1.165, 1.54) is 30.3 Å². The molecule has 0 aliphatic carbocycles. The predicted molar refractivity (Wildman–Crippen MR) is 128 cm³/mol. The third kappa shape index (κ3) is 5.70. The van der Waals surface area contributed by atoms with Gasteiger partial charge in [0.2, 0.25) is 0 Å². The summed E-state index contributed by atoms with van der Waals surface area (Å²) >= 11 is 0. The first-order chi connectivity index (χ1) is 17.2. The van der Waals surface area contributed by atoms with E-state index in [9.17, 15) is 27.6 Å². The molecule has 0 unspecified atom stereocenters. The third-order valence-electron chi connectivity index (χ3n) is 5.34. The van der Waals surface area contributed by atoms with Crippen molar-refractivity contribution in [1.82, 2.24) is 0 Å². The van der Waals surface area contributed by atoms with Crippen molar-refractivity contribution in [2.24, 2.45) is 0 Å². The zero-order valence-corrected chi connectivity index (χ0v) is 18.6. The van der Waals surface area contributed by atoms with Gasteiger partial charge in [0.25, 0.3) is 5.91 Å². The fourth-order valence-electron chi connectivity index (χ4n) is 3.56. The summed E-state index contributed by atoms with van der Waals surface area (Å²) in [6.07, 6.45) is -3.24. The Balaban J connectivity index is 1.67. The molecule has 36 heavy (non-hydrogen) atoms.